The van der Waals surface area contributed by atoms with E-state index in [1.165, 1.54) is 12.8 Å². The van der Waals surface area contributed by atoms with E-state index in [2.05, 4.69) is 28.8 Å². The molecule has 2 aliphatic rings. The van der Waals surface area contributed by atoms with Crippen molar-refractivity contribution in [2.75, 3.05) is 53.4 Å². The first-order valence-corrected chi connectivity index (χ1v) is 8.42. The van der Waals surface area contributed by atoms with Gasteiger partial charge in [-0.25, -0.2) is 0 Å². The van der Waals surface area contributed by atoms with E-state index in [0.29, 0.717) is 0 Å². The Morgan fingerprint density at radius 2 is 1.76 bits per heavy atom. The highest BCUT2D eigenvalue weighted by Gasteiger charge is 2.34. The number of nitrogens with zero attached hydrogens (tertiary/aromatic N) is 3. The molecule has 1 N–H and O–H groups in total. The Hall–Kier alpha value is -0.650. The van der Waals surface area contributed by atoms with Crippen molar-refractivity contribution in [1.82, 2.24) is 14.7 Å². The van der Waals surface area contributed by atoms with E-state index >= 15 is 0 Å². The Balaban J connectivity index is 1.85. The standard InChI is InChI=1S/C16H31N3O2/c1-17(2)8-9-18-10-12-19(13-11-18)15-7-5-3-4-6-14(15)16(20)21/h14-15H,3-13H2,1-2H3,(H,20,21). The molecular weight excluding hydrogens is 266 g/mol. The number of piperazine rings is 1. The smallest absolute Gasteiger partial charge is 0.308 e. The number of hydrogen-bond donors (Lipinski definition) is 1. The summed E-state index contributed by atoms with van der Waals surface area (Å²) >= 11 is 0. The molecule has 0 aromatic carbocycles. The second-order valence-electron chi connectivity index (χ2n) is 6.83. The van der Waals surface area contributed by atoms with Gasteiger partial charge in [-0.1, -0.05) is 19.3 Å². The molecule has 0 aromatic heterocycles. The van der Waals surface area contributed by atoms with Crippen LogP contribution >= 0.6 is 0 Å². The Labute approximate surface area is 128 Å². The number of rotatable bonds is 5. The Morgan fingerprint density at radius 3 is 2.38 bits per heavy atom. The summed E-state index contributed by atoms with van der Waals surface area (Å²) in [5, 5.41) is 9.52. The van der Waals surface area contributed by atoms with E-state index in [0.717, 1.165) is 58.5 Å². The predicted octanol–water partition coefficient (Wildman–Crippen LogP) is 1.20. The molecule has 2 atom stereocenters. The molecule has 2 fully saturated rings. The summed E-state index contributed by atoms with van der Waals surface area (Å²) in [6.07, 6.45) is 5.39. The monoisotopic (exact) mass is 297 g/mol. The zero-order chi connectivity index (χ0) is 15.2. The third-order valence-electron chi connectivity index (χ3n) is 5.04. The van der Waals surface area contributed by atoms with Crippen LogP contribution in [0.1, 0.15) is 32.1 Å². The van der Waals surface area contributed by atoms with Crippen LogP contribution < -0.4 is 0 Å². The third-order valence-corrected chi connectivity index (χ3v) is 5.04. The summed E-state index contributed by atoms with van der Waals surface area (Å²) in [6.45, 7) is 6.44. The molecule has 0 aromatic rings. The van der Waals surface area contributed by atoms with Crippen LogP contribution in [0.5, 0.6) is 0 Å². The van der Waals surface area contributed by atoms with Crippen molar-refractivity contribution >= 4 is 5.97 Å². The maximum Gasteiger partial charge on any atom is 0.308 e. The maximum absolute atomic E-state index is 11.6. The largest absolute Gasteiger partial charge is 0.481 e. The molecule has 5 nitrogen and oxygen atoms in total. The molecule has 21 heavy (non-hydrogen) atoms. The lowest BCUT2D eigenvalue weighted by Crippen LogP contribution is -2.54. The van der Waals surface area contributed by atoms with Crippen molar-refractivity contribution in [2.45, 2.75) is 38.1 Å². The summed E-state index contributed by atoms with van der Waals surface area (Å²) in [5.41, 5.74) is 0. The van der Waals surface area contributed by atoms with Gasteiger partial charge < -0.3 is 10.0 Å². The van der Waals surface area contributed by atoms with Gasteiger partial charge in [0.1, 0.15) is 0 Å². The molecule has 5 heteroatoms. The minimum atomic E-state index is -0.586. The van der Waals surface area contributed by atoms with Crippen molar-refractivity contribution in [3.05, 3.63) is 0 Å². The van der Waals surface area contributed by atoms with Gasteiger partial charge in [-0.3, -0.25) is 14.6 Å². The van der Waals surface area contributed by atoms with Gasteiger partial charge in [0.05, 0.1) is 5.92 Å². The molecule has 1 aliphatic carbocycles. The minimum Gasteiger partial charge on any atom is -0.481 e. The highest BCUT2D eigenvalue weighted by atomic mass is 16.4. The molecule has 1 saturated carbocycles. The summed E-state index contributed by atoms with van der Waals surface area (Å²) in [6, 6.07) is 0.265. The topological polar surface area (TPSA) is 47.0 Å². The van der Waals surface area contributed by atoms with Crippen LogP contribution in [0.3, 0.4) is 0 Å². The number of carbonyl (C=O) groups is 1. The van der Waals surface area contributed by atoms with Gasteiger partial charge in [0.25, 0.3) is 0 Å². The molecule has 2 rings (SSSR count). The van der Waals surface area contributed by atoms with Crippen molar-refractivity contribution in [3.8, 4) is 0 Å². The van der Waals surface area contributed by atoms with Crippen molar-refractivity contribution in [1.29, 1.82) is 0 Å². The van der Waals surface area contributed by atoms with Crippen molar-refractivity contribution in [3.63, 3.8) is 0 Å². The van der Waals surface area contributed by atoms with Crippen LogP contribution in [0.15, 0.2) is 0 Å². The van der Waals surface area contributed by atoms with Crippen LogP contribution in [0.25, 0.3) is 0 Å². The number of likely N-dealkylation sites (N-methyl/N-ethyl adjacent to an activating group) is 1. The first-order chi connectivity index (χ1) is 10.1. The zero-order valence-corrected chi connectivity index (χ0v) is 13.6. The number of carboxylic acids is 1. The number of carboxylic acid groups (broad SMARTS) is 1. The van der Waals surface area contributed by atoms with E-state index in [-0.39, 0.29) is 12.0 Å². The first-order valence-electron chi connectivity index (χ1n) is 8.42. The lowest BCUT2D eigenvalue weighted by molar-refractivity contribution is -0.145. The van der Waals surface area contributed by atoms with E-state index in [4.69, 9.17) is 0 Å². The second kappa shape index (κ2) is 8.11. The summed E-state index contributed by atoms with van der Waals surface area (Å²) in [4.78, 5) is 18.7. The van der Waals surface area contributed by atoms with Gasteiger partial charge in [0.2, 0.25) is 0 Å². The molecule has 0 radical (unpaired) electrons. The van der Waals surface area contributed by atoms with E-state index < -0.39 is 5.97 Å². The lowest BCUT2D eigenvalue weighted by atomic mass is 9.93. The fraction of sp³-hybridized carbons (Fsp3) is 0.938. The second-order valence-corrected chi connectivity index (χ2v) is 6.83. The van der Waals surface area contributed by atoms with Gasteiger partial charge in [-0.2, -0.15) is 0 Å². The Bertz CT molecular complexity index is 327. The van der Waals surface area contributed by atoms with Crippen LogP contribution in [-0.2, 0) is 4.79 Å². The molecular formula is C16H31N3O2. The predicted molar refractivity (Wildman–Crippen MR) is 84.6 cm³/mol. The molecule has 0 bridgehead atoms. The van der Waals surface area contributed by atoms with Crippen molar-refractivity contribution < 1.29 is 9.90 Å². The Morgan fingerprint density at radius 1 is 1.10 bits per heavy atom. The first kappa shape index (κ1) is 16.7. The SMILES string of the molecule is CN(C)CCN1CCN(C2CCCCCC2C(=O)O)CC1. The molecule has 1 aliphatic heterocycles. The van der Waals surface area contributed by atoms with Gasteiger partial charge in [-0.15, -0.1) is 0 Å². The third kappa shape index (κ3) is 4.94. The lowest BCUT2D eigenvalue weighted by Gasteiger charge is -2.41. The van der Waals surface area contributed by atoms with E-state index in [9.17, 15) is 9.90 Å². The average molecular weight is 297 g/mol. The molecule has 1 saturated heterocycles. The quantitative estimate of drug-likeness (QED) is 0.773. The normalized spacial score (nSPS) is 29.5. The molecule has 0 spiro atoms. The number of hydrogen-bond acceptors (Lipinski definition) is 4. The summed E-state index contributed by atoms with van der Waals surface area (Å²) < 4.78 is 0. The van der Waals surface area contributed by atoms with Crippen LogP contribution in [0.2, 0.25) is 0 Å². The molecule has 1 heterocycles. The summed E-state index contributed by atoms with van der Waals surface area (Å²) in [7, 11) is 4.22. The van der Waals surface area contributed by atoms with Crippen LogP contribution in [-0.4, -0.2) is 85.2 Å². The van der Waals surface area contributed by atoms with E-state index in [1.807, 2.05) is 0 Å². The van der Waals surface area contributed by atoms with Crippen LogP contribution in [0.4, 0.5) is 0 Å². The van der Waals surface area contributed by atoms with Gasteiger partial charge in [0, 0.05) is 45.3 Å². The average Bonchev–Trinajstić information content (AvgIpc) is 2.71. The minimum absolute atomic E-state index is 0.152. The fourth-order valence-corrected chi connectivity index (χ4v) is 3.67. The van der Waals surface area contributed by atoms with Gasteiger partial charge >= 0.3 is 5.97 Å². The molecule has 2 unspecified atom stereocenters. The molecule has 0 amide bonds. The van der Waals surface area contributed by atoms with Crippen molar-refractivity contribution in [2.24, 2.45) is 5.92 Å². The summed E-state index contributed by atoms with van der Waals surface area (Å²) in [5.74, 6) is -0.738. The fourth-order valence-electron chi connectivity index (χ4n) is 3.67. The number of aliphatic carboxylic acids is 1. The zero-order valence-electron chi connectivity index (χ0n) is 13.6. The van der Waals surface area contributed by atoms with Gasteiger partial charge in [0.15, 0.2) is 0 Å². The highest BCUT2D eigenvalue weighted by Crippen LogP contribution is 2.28. The molecule has 122 valence electrons. The Kier molecular flexibility index (Phi) is 6.45. The van der Waals surface area contributed by atoms with Crippen LogP contribution in [0, 0.1) is 5.92 Å². The van der Waals surface area contributed by atoms with Gasteiger partial charge in [-0.05, 0) is 26.9 Å². The highest BCUT2D eigenvalue weighted by molar-refractivity contribution is 5.70. The maximum atomic E-state index is 11.6. The van der Waals surface area contributed by atoms with E-state index in [1.54, 1.807) is 0 Å².